The lowest BCUT2D eigenvalue weighted by molar-refractivity contribution is -0.143. The zero-order chi connectivity index (χ0) is 55.0. The Morgan fingerprint density at radius 1 is 0.368 bits per heavy atom. The van der Waals surface area contributed by atoms with Crippen molar-refractivity contribution in [2.24, 2.45) is 0 Å². The lowest BCUT2D eigenvalue weighted by atomic mass is 10.0. The van der Waals surface area contributed by atoms with Crippen LogP contribution in [-0.4, -0.2) is 47.4 Å². The van der Waals surface area contributed by atoms with Crippen LogP contribution in [-0.2, 0) is 14.3 Å². The van der Waals surface area contributed by atoms with E-state index in [9.17, 15) is 19.8 Å². The third-order valence-corrected chi connectivity index (χ3v) is 16.3. The Morgan fingerprint density at radius 2 is 0.658 bits per heavy atom. The van der Waals surface area contributed by atoms with Gasteiger partial charge in [-0.05, 0) is 57.8 Å². The molecule has 0 spiro atoms. The topological polar surface area (TPSA) is 95.9 Å². The van der Waals surface area contributed by atoms with Crippen molar-refractivity contribution in [3.63, 3.8) is 0 Å². The van der Waals surface area contributed by atoms with Crippen molar-refractivity contribution in [3.05, 3.63) is 24.3 Å². The van der Waals surface area contributed by atoms with Gasteiger partial charge in [0, 0.05) is 12.8 Å². The number of hydrogen-bond donors (Lipinski definition) is 3. The lowest BCUT2D eigenvalue weighted by Gasteiger charge is -2.22. The van der Waals surface area contributed by atoms with Gasteiger partial charge < -0.3 is 20.3 Å². The molecule has 0 aromatic carbocycles. The van der Waals surface area contributed by atoms with Crippen molar-refractivity contribution in [2.45, 2.75) is 398 Å². The van der Waals surface area contributed by atoms with E-state index in [-0.39, 0.29) is 18.5 Å². The first-order valence-corrected chi connectivity index (χ1v) is 34.6. The third-order valence-electron chi connectivity index (χ3n) is 16.3. The number of carbonyl (C=O) groups excluding carboxylic acids is 2. The van der Waals surface area contributed by atoms with Gasteiger partial charge in [-0.15, -0.1) is 0 Å². The first-order valence-electron chi connectivity index (χ1n) is 34.6. The molecular weight excluding hydrogens is 935 g/mol. The Balaban J connectivity index is 3.28. The summed E-state index contributed by atoms with van der Waals surface area (Å²) in [7, 11) is 0. The molecule has 76 heavy (non-hydrogen) atoms. The van der Waals surface area contributed by atoms with Crippen molar-refractivity contribution in [1.29, 1.82) is 0 Å². The highest BCUT2D eigenvalue weighted by Gasteiger charge is 2.20. The number of aliphatic hydroxyl groups excluding tert-OH is 2. The van der Waals surface area contributed by atoms with Gasteiger partial charge in [0.25, 0.3) is 0 Å². The smallest absolute Gasteiger partial charge is 0.305 e. The molecule has 3 N–H and O–H groups in total. The summed E-state index contributed by atoms with van der Waals surface area (Å²) in [5.41, 5.74) is 0. The maximum Gasteiger partial charge on any atom is 0.305 e. The molecule has 0 aromatic rings. The Morgan fingerprint density at radius 3 is 1.01 bits per heavy atom. The number of amides is 1. The van der Waals surface area contributed by atoms with Crippen molar-refractivity contribution < 1.29 is 24.5 Å². The molecule has 0 fully saturated rings. The van der Waals surface area contributed by atoms with Crippen LogP contribution in [0.4, 0.5) is 0 Å². The number of allylic oxidation sites excluding steroid dienone is 4. The van der Waals surface area contributed by atoms with Crippen LogP contribution in [0.2, 0.25) is 0 Å². The van der Waals surface area contributed by atoms with Crippen molar-refractivity contribution >= 4 is 11.9 Å². The second kappa shape index (κ2) is 65.9. The molecule has 0 radical (unpaired) electrons. The summed E-state index contributed by atoms with van der Waals surface area (Å²) in [6.45, 7) is 4.94. The number of unbranched alkanes of at least 4 members (excludes halogenated alkanes) is 50. The Bertz CT molecular complexity index is 1190. The maximum absolute atomic E-state index is 12.4. The molecule has 450 valence electrons. The van der Waals surface area contributed by atoms with Crippen LogP contribution >= 0.6 is 0 Å². The predicted octanol–water partition coefficient (Wildman–Crippen LogP) is 22.1. The molecule has 6 heteroatoms. The normalized spacial score (nSPS) is 12.6. The Labute approximate surface area is 475 Å². The summed E-state index contributed by atoms with van der Waals surface area (Å²) in [6.07, 6.45) is 82.4. The van der Waals surface area contributed by atoms with E-state index in [0.717, 1.165) is 51.4 Å². The van der Waals surface area contributed by atoms with E-state index in [1.165, 1.54) is 302 Å². The summed E-state index contributed by atoms with van der Waals surface area (Å²) in [5, 5.41) is 23.1. The molecule has 0 aromatic heterocycles. The summed E-state index contributed by atoms with van der Waals surface area (Å²) in [4.78, 5) is 24.5. The molecule has 1 amide bonds. The van der Waals surface area contributed by atoms with E-state index in [1.807, 2.05) is 0 Å². The molecule has 0 bridgehead atoms. The Kier molecular flexibility index (Phi) is 64.4. The van der Waals surface area contributed by atoms with Gasteiger partial charge in [-0.2, -0.15) is 0 Å². The van der Waals surface area contributed by atoms with Crippen molar-refractivity contribution in [3.8, 4) is 0 Å². The van der Waals surface area contributed by atoms with Crippen LogP contribution in [0, 0.1) is 0 Å². The van der Waals surface area contributed by atoms with Crippen molar-refractivity contribution in [1.82, 2.24) is 5.32 Å². The monoisotopic (exact) mass is 1070 g/mol. The molecular formula is C70H135NO5. The molecule has 0 aliphatic heterocycles. The van der Waals surface area contributed by atoms with E-state index >= 15 is 0 Å². The van der Waals surface area contributed by atoms with E-state index in [4.69, 9.17) is 4.74 Å². The molecule has 2 atom stereocenters. The highest BCUT2D eigenvalue weighted by molar-refractivity contribution is 5.76. The van der Waals surface area contributed by atoms with Gasteiger partial charge in [0.05, 0.1) is 25.4 Å². The minimum Gasteiger partial charge on any atom is -0.466 e. The average molecular weight is 1070 g/mol. The number of esters is 1. The highest BCUT2D eigenvalue weighted by Crippen LogP contribution is 2.19. The zero-order valence-corrected chi connectivity index (χ0v) is 51.5. The molecule has 6 nitrogen and oxygen atoms in total. The van der Waals surface area contributed by atoms with E-state index in [0.29, 0.717) is 25.9 Å². The van der Waals surface area contributed by atoms with E-state index < -0.39 is 12.1 Å². The van der Waals surface area contributed by atoms with Gasteiger partial charge in [0.15, 0.2) is 0 Å². The summed E-state index contributed by atoms with van der Waals surface area (Å²) >= 11 is 0. The van der Waals surface area contributed by atoms with Gasteiger partial charge in [-0.1, -0.05) is 340 Å². The molecule has 0 saturated heterocycles. The van der Waals surface area contributed by atoms with Gasteiger partial charge in [0.2, 0.25) is 5.91 Å². The number of carbonyl (C=O) groups is 2. The second-order valence-electron chi connectivity index (χ2n) is 23.9. The maximum atomic E-state index is 12.4. The minimum absolute atomic E-state index is 0.0143. The number of hydrogen-bond acceptors (Lipinski definition) is 5. The molecule has 0 heterocycles. The standard InChI is InChI=1S/C70H135NO5/c1-3-5-7-9-11-13-14-15-16-17-35-38-41-44-48-52-56-60-64-70(75)76-65-61-57-53-49-45-42-39-36-33-31-29-27-25-23-21-19-18-20-22-24-26-28-30-32-34-37-40-43-47-51-55-59-63-69(74)71-67(66-72)68(73)62-58-54-50-46-12-10-8-6-4-2/h13-14,16-17,67-68,72-73H,3-12,15,18-66H2,1-2H3,(H,71,74)/b14-13-,17-16-. The fourth-order valence-corrected chi connectivity index (χ4v) is 11.0. The average Bonchev–Trinajstić information content (AvgIpc) is 3.42. The SMILES string of the molecule is CCCCCC/C=C\C/C=C\CCCCCCCCCC(=O)OCCCCCCCCCCCCCCCCCCCCCCCCCCCCCCCCCCC(=O)NC(CO)C(O)CCCCCCCCCCC. The van der Waals surface area contributed by atoms with E-state index in [2.05, 4.69) is 43.5 Å². The molecule has 0 saturated carbocycles. The fraction of sp³-hybridized carbons (Fsp3) is 0.914. The molecule has 0 rings (SSSR count). The van der Waals surface area contributed by atoms with Crippen LogP contribution < -0.4 is 5.32 Å². The van der Waals surface area contributed by atoms with Crippen LogP contribution in [0.15, 0.2) is 24.3 Å². The van der Waals surface area contributed by atoms with Crippen LogP contribution in [0.25, 0.3) is 0 Å². The fourth-order valence-electron chi connectivity index (χ4n) is 11.0. The van der Waals surface area contributed by atoms with Gasteiger partial charge in [0.1, 0.15) is 0 Å². The summed E-state index contributed by atoms with van der Waals surface area (Å²) in [6, 6.07) is -0.535. The van der Waals surface area contributed by atoms with E-state index in [1.54, 1.807) is 0 Å². The number of aliphatic hydroxyl groups is 2. The van der Waals surface area contributed by atoms with Crippen LogP contribution in [0.3, 0.4) is 0 Å². The first-order chi connectivity index (χ1) is 37.5. The molecule has 0 aliphatic carbocycles. The Hall–Kier alpha value is -1.66. The molecule has 2 unspecified atom stereocenters. The summed E-state index contributed by atoms with van der Waals surface area (Å²) < 4.78 is 5.50. The van der Waals surface area contributed by atoms with Crippen LogP contribution in [0.5, 0.6) is 0 Å². The van der Waals surface area contributed by atoms with Gasteiger partial charge >= 0.3 is 5.97 Å². The first kappa shape index (κ1) is 74.3. The lowest BCUT2D eigenvalue weighted by Crippen LogP contribution is -2.45. The number of rotatable bonds is 65. The quantitative estimate of drug-likeness (QED) is 0.0320. The largest absolute Gasteiger partial charge is 0.466 e. The highest BCUT2D eigenvalue weighted by atomic mass is 16.5. The number of ether oxygens (including phenoxy) is 1. The second-order valence-corrected chi connectivity index (χ2v) is 23.9. The van der Waals surface area contributed by atoms with Gasteiger partial charge in [-0.25, -0.2) is 0 Å². The minimum atomic E-state index is -0.658. The van der Waals surface area contributed by atoms with Crippen LogP contribution in [0.1, 0.15) is 386 Å². The van der Waals surface area contributed by atoms with Gasteiger partial charge in [-0.3, -0.25) is 9.59 Å². The summed E-state index contributed by atoms with van der Waals surface area (Å²) in [5.74, 6) is -0.0169. The molecule has 0 aliphatic rings. The number of nitrogens with one attached hydrogen (secondary N) is 1. The zero-order valence-electron chi connectivity index (χ0n) is 51.5. The van der Waals surface area contributed by atoms with Crippen molar-refractivity contribution in [2.75, 3.05) is 13.2 Å². The predicted molar refractivity (Wildman–Crippen MR) is 333 cm³/mol. The third kappa shape index (κ3) is 61.6.